The van der Waals surface area contributed by atoms with Gasteiger partial charge in [0.25, 0.3) is 5.91 Å². The second kappa shape index (κ2) is 10.6. The van der Waals surface area contributed by atoms with Crippen LogP contribution < -0.4 is 4.31 Å². The van der Waals surface area contributed by atoms with Crippen LogP contribution in [0.15, 0.2) is 77.7 Å². The summed E-state index contributed by atoms with van der Waals surface area (Å²) in [5.41, 5.74) is 1.84. The van der Waals surface area contributed by atoms with Gasteiger partial charge >= 0.3 is 0 Å². The van der Waals surface area contributed by atoms with Crippen molar-refractivity contribution in [3.05, 3.63) is 95.3 Å². The first-order chi connectivity index (χ1) is 17.5. The predicted molar refractivity (Wildman–Crippen MR) is 140 cm³/mol. The van der Waals surface area contributed by atoms with Gasteiger partial charge in [-0.1, -0.05) is 35.9 Å². The van der Waals surface area contributed by atoms with E-state index in [4.69, 9.17) is 0 Å². The molecule has 0 unspecified atom stereocenters. The van der Waals surface area contributed by atoms with Gasteiger partial charge in [0, 0.05) is 37.3 Å². The lowest BCUT2D eigenvalue weighted by atomic mass is 10.1. The summed E-state index contributed by atoms with van der Waals surface area (Å²) < 4.78 is 67.3. The molecule has 0 saturated carbocycles. The molecular weight excluding hydrogens is 517 g/mol. The zero-order valence-corrected chi connectivity index (χ0v) is 22.2. The topological polar surface area (TPSA) is 95.1 Å². The largest absolute Gasteiger partial charge is 0.336 e. The van der Waals surface area contributed by atoms with E-state index < -0.39 is 25.9 Å². The number of carbonyl (C=O) groups excluding carboxylic acids is 1. The Kier molecular flexibility index (Phi) is 7.67. The Balaban J connectivity index is 1.44. The average molecular weight is 546 g/mol. The summed E-state index contributed by atoms with van der Waals surface area (Å²) in [5, 5.41) is 0. The molecule has 8 nitrogen and oxygen atoms in total. The Hall–Kier alpha value is -3.28. The number of sulfonamides is 2. The molecule has 1 saturated heterocycles. The minimum absolute atomic E-state index is 0.171. The lowest BCUT2D eigenvalue weighted by molar-refractivity contribution is 0.0698. The third-order valence-corrected chi connectivity index (χ3v) is 9.31. The first kappa shape index (κ1) is 26.8. The van der Waals surface area contributed by atoms with Crippen molar-refractivity contribution in [3.8, 4) is 0 Å². The van der Waals surface area contributed by atoms with Crippen molar-refractivity contribution < 1.29 is 26.0 Å². The number of carbonyl (C=O) groups is 1. The highest BCUT2D eigenvalue weighted by molar-refractivity contribution is 7.92. The Labute approximate surface area is 217 Å². The summed E-state index contributed by atoms with van der Waals surface area (Å²) in [7, 11) is -7.37. The number of benzene rings is 3. The maximum atomic E-state index is 14.1. The Bertz CT molecular complexity index is 1480. The highest BCUT2D eigenvalue weighted by Crippen LogP contribution is 2.24. The molecule has 1 heterocycles. The first-order valence-electron chi connectivity index (χ1n) is 11.6. The molecule has 1 aliphatic rings. The van der Waals surface area contributed by atoms with Crippen molar-refractivity contribution in [3.63, 3.8) is 0 Å². The summed E-state index contributed by atoms with van der Waals surface area (Å²) in [6, 6.07) is 18.7. The highest BCUT2D eigenvalue weighted by atomic mass is 32.2. The molecule has 3 aromatic carbocycles. The molecule has 0 spiro atoms. The minimum Gasteiger partial charge on any atom is -0.336 e. The number of aryl methyl sites for hydroxylation is 1. The number of hydrogen-bond donors (Lipinski definition) is 0. The number of halogens is 1. The number of hydrogen-bond acceptors (Lipinski definition) is 5. The molecule has 11 heteroatoms. The summed E-state index contributed by atoms with van der Waals surface area (Å²) in [4.78, 5) is 14.8. The van der Waals surface area contributed by atoms with Crippen molar-refractivity contribution in [1.29, 1.82) is 0 Å². The lowest BCUT2D eigenvalue weighted by Crippen LogP contribution is -2.50. The molecule has 0 N–H and O–H groups in total. The van der Waals surface area contributed by atoms with Crippen LogP contribution in [-0.2, 0) is 26.6 Å². The van der Waals surface area contributed by atoms with Gasteiger partial charge in [-0.15, -0.1) is 0 Å². The molecule has 0 radical (unpaired) electrons. The summed E-state index contributed by atoms with van der Waals surface area (Å²) in [6.07, 6.45) is 1.04. The molecule has 0 bridgehead atoms. The van der Waals surface area contributed by atoms with Crippen LogP contribution >= 0.6 is 0 Å². The van der Waals surface area contributed by atoms with Crippen LogP contribution in [0.1, 0.15) is 21.5 Å². The molecular formula is C26H28FN3O5S2. The van der Waals surface area contributed by atoms with E-state index in [1.165, 1.54) is 46.8 Å². The second-order valence-corrected chi connectivity index (χ2v) is 12.8. The monoisotopic (exact) mass is 545 g/mol. The van der Waals surface area contributed by atoms with Crippen molar-refractivity contribution in [2.45, 2.75) is 18.4 Å². The number of anilines is 1. The lowest BCUT2D eigenvalue weighted by Gasteiger charge is -2.34. The van der Waals surface area contributed by atoms with Gasteiger partial charge in [0.05, 0.1) is 23.4 Å². The van der Waals surface area contributed by atoms with E-state index in [9.17, 15) is 26.0 Å². The number of rotatable bonds is 7. The van der Waals surface area contributed by atoms with Crippen molar-refractivity contribution in [2.75, 3.05) is 36.7 Å². The molecule has 0 aromatic heterocycles. The summed E-state index contributed by atoms with van der Waals surface area (Å²) >= 11 is 0. The Morgan fingerprint density at radius 1 is 0.865 bits per heavy atom. The van der Waals surface area contributed by atoms with Gasteiger partial charge < -0.3 is 4.90 Å². The maximum absolute atomic E-state index is 14.1. The van der Waals surface area contributed by atoms with E-state index in [1.807, 2.05) is 6.92 Å². The molecule has 37 heavy (non-hydrogen) atoms. The first-order valence-corrected chi connectivity index (χ1v) is 14.9. The fourth-order valence-electron chi connectivity index (χ4n) is 4.13. The van der Waals surface area contributed by atoms with Gasteiger partial charge in [0.15, 0.2) is 0 Å². The maximum Gasteiger partial charge on any atom is 0.253 e. The van der Waals surface area contributed by atoms with Crippen LogP contribution in [0.3, 0.4) is 0 Å². The third-order valence-electron chi connectivity index (χ3n) is 6.26. The predicted octanol–water partition coefficient (Wildman–Crippen LogP) is 3.25. The van der Waals surface area contributed by atoms with Crippen molar-refractivity contribution in [1.82, 2.24) is 9.21 Å². The molecule has 196 valence electrons. The van der Waals surface area contributed by atoms with Crippen LogP contribution in [0.2, 0.25) is 0 Å². The van der Waals surface area contributed by atoms with E-state index in [1.54, 1.807) is 35.2 Å². The van der Waals surface area contributed by atoms with E-state index >= 15 is 0 Å². The van der Waals surface area contributed by atoms with Gasteiger partial charge in [-0.05, 0) is 49.4 Å². The molecule has 1 amide bonds. The fraction of sp³-hybridized carbons (Fsp3) is 0.269. The van der Waals surface area contributed by atoms with E-state index in [0.29, 0.717) is 11.3 Å². The molecule has 0 aliphatic carbocycles. The minimum atomic E-state index is -3.72. The van der Waals surface area contributed by atoms with Gasteiger partial charge in [-0.2, -0.15) is 4.31 Å². The van der Waals surface area contributed by atoms with E-state index in [2.05, 4.69) is 0 Å². The van der Waals surface area contributed by atoms with Crippen LogP contribution in [-0.4, -0.2) is 64.4 Å². The van der Waals surface area contributed by atoms with Crippen LogP contribution in [0, 0.1) is 12.7 Å². The van der Waals surface area contributed by atoms with Crippen LogP contribution in [0.4, 0.5) is 10.1 Å². The van der Waals surface area contributed by atoms with Gasteiger partial charge in [-0.25, -0.2) is 21.2 Å². The average Bonchev–Trinajstić information content (AvgIpc) is 2.87. The number of nitrogens with zero attached hydrogens (tertiary/aromatic N) is 3. The Morgan fingerprint density at radius 2 is 1.46 bits per heavy atom. The Morgan fingerprint density at radius 3 is 2.03 bits per heavy atom. The molecule has 3 aromatic rings. The zero-order chi connectivity index (χ0) is 26.8. The molecule has 1 aliphatic heterocycles. The van der Waals surface area contributed by atoms with Gasteiger partial charge in [0.2, 0.25) is 20.0 Å². The number of amides is 1. The third kappa shape index (κ3) is 6.00. The van der Waals surface area contributed by atoms with Crippen LogP contribution in [0.25, 0.3) is 0 Å². The fourth-order valence-corrected chi connectivity index (χ4v) is 6.43. The molecule has 4 rings (SSSR count). The van der Waals surface area contributed by atoms with Crippen molar-refractivity contribution in [2.24, 2.45) is 0 Å². The van der Waals surface area contributed by atoms with Crippen molar-refractivity contribution >= 4 is 31.6 Å². The highest BCUT2D eigenvalue weighted by Gasteiger charge is 2.30. The van der Waals surface area contributed by atoms with Gasteiger partial charge in [0.1, 0.15) is 5.82 Å². The smallest absolute Gasteiger partial charge is 0.253 e. The normalized spacial score (nSPS) is 14.9. The van der Waals surface area contributed by atoms with Gasteiger partial charge in [-0.3, -0.25) is 9.10 Å². The standard InChI is InChI=1S/C26H28FN3O5S2/c1-20-7-13-24(14-8-20)37(34,35)29-17-15-28(16-18-29)26(31)21-9-11-23(12-10-21)30(36(2,32)33)19-22-5-3-4-6-25(22)27/h3-14H,15-19H2,1-2H3. The van der Waals surface area contributed by atoms with E-state index in [0.717, 1.165) is 16.1 Å². The summed E-state index contributed by atoms with van der Waals surface area (Å²) in [6.45, 7) is 2.50. The molecule has 0 atom stereocenters. The second-order valence-electron chi connectivity index (χ2n) is 8.92. The molecule has 1 fully saturated rings. The number of piperazine rings is 1. The quantitative estimate of drug-likeness (QED) is 0.454. The van der Waals surface area contributed by atoms with Crippen LogP contribution in [0.5, 0.6) is 0 Å². The summed E-state index contributed by atoms with van der Waals surface area (Å²) in [5.74, 6) is -0.787. The zero-order valence-electron chi connectivity index (χ0n) is 20.5. The SMILES string of the molecule is Cc1ccc(S(=O)(=O)N2CCN(C(=O)c3ccc(N(Cc4ccccc4F)S(C)(=O)=O)cc3)CC2)cc1. The van der Waals surface area contributed by atoms with E-state index in [-0.39, 0.29) is 49.1 Å².